The Morgan fingerprint density at radius 2 is 1.93 bits per heavy atom. The normalized spacial score (nSPS) is 22.8. The number of likely N-dealkylation sites (N-methyl/N-ethyl adjacent to an activating group) is 1. The van der Waals surface area contributed by atoms with E-state index in [1.807, 2.05) is 0 Å². The maximum absolute atomic E-state index is 6.17. The highest BCUT2D eigenvalue weighted by atomic mass is 32.2. The molecular formula is C25H34N2O2S. The van der Waals surface area contributed by atoms with Crippen LogP contribution in [0.2, 0.25) is 0 Å². The predicted molar refractivity (Wildman–Crippen MR) is 125 cm³/mol. The number of morpholine rings is 1. The van der Waals surface area contributed by atoms with Crippen LogP contribution < -0.4 is 4.74 Å². The van der Waals surface area contributed by atoms with Crippen molar-refractivity contribution in [2.24, 2.45) is 0 Å². The Labute approximate surface area is 185 Å². The highest BCUT2D eigenvalue weighted by Crippen LogP contribution is 2.35. The summed E-state index contributed by atoms with van der Waals surface area (Å²) in [5.41, 5.74) is 4.18. The van der Waals surface area contributed by atoms with E-state index in [0.717, 1.165) is 38.5 Å². The molecule has 0 aliphatic carbocycles. The van der Waals surface area contributed by atoms with Crippen LogP contribution in [0.4, 0.5) is 0 Å². The molecule has 0 radical (unpaired) electrons. The highest BCUT2D eigenvalue weighted by molar-refractivity contribution is 7.98. The molecule has 2 atom stereocenters. The summed E-state index contributed by atoms with van der Waals surface area (Å²) in [7, 11) is 2.20. The third-order valence-electron chi connectivity index (χ3n) is 6.28. The molecule has 30 heavy (non-hydrogen) atoms. The number of hydrogen-bond acceptors (Lipinski definition) is 5. The molecule has 4 rings (SSSR count). The van der Waals surface area contributed by atoms with E-state index in [9.17, 15) is 0 Å². The number of ether oxygens (including phenoxy) is 2. The number of benzene rings is 2. The zero-order chi connectivity index (χ0) is 21.1. The molecule has 1 saturated heterocycles. The van der Waals surface area contributed by atoms with Crippen molar-refractivity contribution in [3.05, 3.63) is 59.2 Å². The first-order valence-electron chi connectivity index (χ1n) is 11.0. The molecule has 0 N–H and O–H groups in total. The lowest BCUT2D eigenvalue weighted by Gasteiger charge is -2.35. The lowest BCUT2D eigenvalue weighted by molar-refractivity contribution is -0.0564. The first-order valence-corrected chi connectivity index (χ1v) is 12.2. The SMILES string of the molecule is CSc1ccc(C2CN(C)Cc3cc(OCC4CN(C(C)C)CCO4)ccc32)cc1. The van der Waals surface area contributed by atoms with Crippen molar-refractivity contribution >= 4 is 11.8 Å². The number of rotatable bonds is 6. The molecule has 2 aromatic carbocycles. The van der Waals surface area contributed by atoms with Crippen molar-refractivity contribution in [1.82, 2.24) is 9.80 Å². The molecule has 2 aliphatic rings. The van der Waals surface area contributed by atoms with E-state index in [0.29, 0.717) is 18.6 Å². The van der Waals surface area contributed by atoms with Crippen molar-refractivity contribution < 1.29 is 9.47 Å². The summed E-state index contributed by atoms with van der Waals surface area (Å²) in [6.45, 7) is 9.86. The van der Waals surface area contributed by atoms with Crippen LogP contribution in [0.5, 0.6) is 5.75 Å². The van der Waals surface area contributed by atoms with Gasteiger partial charge in [0.1, 0.15) is 18.5 Å². The molecule has 0 spiro atoms. The maximum atomic E-state index is 6.17. The number of nitrogens with zero attached hydrogens (tertiary/aromatic N) is 2. The predicted octanol–water partition coefficient (Wildman–Crippen LogP) is 4.47. The highest BCUT2D eigenvalue weighted by Gasteiger charge is 2.26. The fraction of sp³-hybridized carbons (Fsp3) is 0.520. The van der Waals surface area contributed by atoms with Crippen LogP contribution >= 0.6 is 11.8 Å². The number of fused-ring (bicyclic) bond motifs is 1. The fourth-order valence-electron chi connectivity index (χ4n) is 4.54. The molecule has 0 amide bonds. The van der Waals surface area contributed by atoms with Gasteiger partial charge in [-0.25, -0.2) is 0 Å². The summed E-state index contributed by atoms with van der Waals surface area (Å²) in [6.07, 6.45) is 2.27. The van der Waals surface area contributed by atoms with Crippen LogP contribution in [-0.2, 0) is 11.3 Å². The Bertz CT molecular complexity index is 840. The topological polar surface area (TPSA) is 24.9 Å². The van der Waals surface area contributed by atoms with E-state index in [2.05, 4.69) is 79.4 Å². The van der Waals surface area contributed by atoms with E-state index < -0.39 is 0 Å². The Morgan fingerprint density at radius 1 is 1.13 bits per heavy atom. The molecule has 2 aliphatic heterocycles. The van der Waals surface area contributed by atoms with E-state index in [-0.39, 0.29) is 6.10 Å². The van der Waals surface area contributed by atoms with Gasteiger partial charge in [0.05, 0.1) is 6.61 Å². The Hall–Kier alpha value is -1.53. The largest absolute Gasteiger partial charge is 0.491 e. The van der Waals surface area contributed by atoms with Gasteiger partial charge < -0.3 is 14.4 Å². The smallest absolute Gasteiger partial charge is 0.119 e. The number of thioether (sulfide) groups is 1. The molecule has 2 heterocycles. The van der Waals surface area contributed by atoms with Gasteiger partial charge in [-0.1, -0.05) is 18.2 Å². The van der Waals surface area contributed by atoms with Crippen molar-refractivity contribution in [1.29, 1.82) is 0 Å². The van der Waals surface area contributed by atoms with Crippen molar-refractivity contribution in [3.63, 3.8) is 0 Å². The minimum atomic E-state index is 0.141. The average molecular weight is 427 g/mol. The van der Waals surface area contributed by atoms with Crippen LogP contribution in [-0.4, -0.2) is 68.1 Å². The number of hydrogen-bond donors (Lipinski definition) is 0. The van der Waals surface area contributed by atoms with Crippen LogP contribution in [0.25, 0.3) is 0 Å². The third kappa shape index (κ3) is 5.02. The lowest BCUT2D eigenvalue weighted by Crippen LogP contribution is -2.47. The fourth-order valence-corrected chi connectivity index (χ4v) is 4.94. The lowest BCUT2D eigenvalue weighted by atomic mass is 9.85. The van der Waals surface area contributed by atoms with Gasteiger partial charge in [0.15, 0.2) is 0 Å². The van der Waals surface area contributed by atoms with E-state index in [1.54, 1.807) is 11.8 Å². The Morgan fingerprint density at radius 3 is 2.67 bits per heavy atom. The van der Waals surface area contributed by atoms with Gasteiger partial charge >= 0.3 is 0 Å². The summed E-state index contributed by atoms with van der Waals surface area (Å²) in [4.78, 5) is 6.18. The molecule has 0 aromatic heterocycles. The quantitative estimate of drug-likeness (QED) is 0.635. The van der Waals surface area contributed by atoms with Crippen molar-refractivity contribution in [3.8, 4) is 5.75 Å². The summed E-state index contributed by atoms with van der Waals surface area (Å²) in [6, 6.07) is 16.2. The van der Waals surface area contributed by atoms with Gasteiger partial charge in [-0.2, -0.15) is 0 Å². The van der Waals surface area contributed by atoms with Gasteiger partial charge in [0, 0.05) is 43.0 Å². The zero-order valence-corrected chi connectivity index (χ0v) is 19.5. The second-order valence-corrected chi connectivity index (χ2v) is 9.66. The molecule has 5 heteroatoms. The van der Waals surface area contributed by atoms with Crippen LogP contribution in [0.3, 0.4) is 0 Å². The second-order valence-electron chi connectivity index (χ2n) is 8.78. The van der Waals surface area contributed by atoms with Gasteiger partial charge in [-0.15, -0.1) is 11.8 Å². The molecule has 162 valence electrons. The molecule has 2 aromatic rings. The van der Waals surface area contributed by atoms with Crippen LogP contribution in [0.1, 0.15) is 36.5 Å². The minimum absolute atomic E-state index is 0.141. The van der Waals surface area contributed by atoms with Crippen molar-refractivity contribution in [2.45, 2.75) is 43.4 Å². The van der Waals surface area contributed by atoms with Crippen LogP contribution in [0, 0.1) is 0 Å². The van der Waals surface area contributed by atoms with Crippen molar-refractivity contribution in [2.75, 3.05) is 46.2 Å². The first kappa shape index (κ1) is 21.7. The molecule has 1 fully saturated rings. The summed E-state index contributed by atoms with van der Waals surface area (Å²) >= 11 is 1.79. The molecule has 4 nitrogen and oxygen atoms in total. The minimum Gasteiger partial charge on any atom is -0.491 e. The average Bonchev–Trinajstić information content (AvgIpc) is 2.77. The Balaban J connectivity index is 1.46. The Kier molecular flexibility index (Phi) is 7.04. The molecular weight excluding hydrogens is 392 g/mol. The monoisotopic (exact) mass is 426 g/mol. The van der Waals surface area contributed by atoms with E-state index >= 15 is 0 Å². The molecule has 0 bridgehead atoms. The standard InChI is InChI=1S/C25H34N2O2S/c1-18(2)27-11-12-28-22(15-27)17-29-21-7-10-24-20(13-21)14-26(3)16-25(24)19-5-8-23(30-4)9-6-19/h5-10,13,18,22,25H,11-12,14-17H2,1-4H3. The first-order chi connectivity index (χ1) is 14.5. The van der Waals surface area contributed by atoms with Gasteiger partial charge in [0.25, 0.3) is 0 Å². The van der Waals surface area contributed by atoms with Gasteiger partial charge in [-0.3, -0.25) is 4.90 Å². The van der Waals surface area contributed by atoms with E-state index in [4.69, 9.17) is 9.47 Å². The molecule has 2 unspecified atom stereocenters. The summed E-state index contributed by atoms with van der Waals surface area (Å²) < 4.78 is 12.1. The van der Waals surface area contributed by atoms with Crippen LogP contribution in [0.15, 0.2) is 47.4 Å². The third-order valence-corrected chi connectivity index (χ3v) is 7.02. The summed E-state index contributed by atoms with van der Waals surface area (Å²) in [5.74, 6) is 1.36. The molecule has 0 saturated carbocycles. The van der Waals surface area contributed by atoms with Gasteiger partial charge in [0.2, 0.25) is 0 Å². The second kappa shape index (κ2) is 9.73. The van der Waals surface area contributed by atoms with E-state index in [1.165, 1.54) is 21.6 Å². The maximum Gasteiger partial charge on any atom is 0.119 e. The zero-order valence-electron chi connectivity index (χ0n) is 18.6. The summed E-state index contributed by atoms with van der Waals surface area (Å²) in [5, 5.41) is 0. The van der Waals surface area contributed by atoms with Gasteiger partial charge in [-0.05, 0) is 68.1 Å².